The standard InChI is InChI=1S/C19H21N3O2/c1-19(2,15-8-10-16(24-3)11-9-15)13-21-18(23)22-17-7-5-4-6-14(17)12-20/h4-11H,13H2,1-3H3,(H2,21,22,23). The van der Waals surface area contributed by atoms with E-state index in [1.165, 1.54) is 0 Å². The lowest BCUT2D eigenvalue weighted by atomic mass is 9.84. The van der Waals surface area contributed by atoms with E-state index in [9.17, 15) is 4.79 Å². The Morgan fingerprint density at radius 2 is 1.83 bits per heavy atom. The second-order valence-electron chi connectivity index (χ2n) is 6.08. The number of urea groups is 1. The molecule has 5 heteroatoms. The Bertz CT molecular complexity index is 746. The molecule has 0 saturated heterocycles. The van der Waals surface area contributed by atoms with Gasteiger partial charge >= 0.3 is 6.03 Å². The summed E-state index contributed by atoms with van der Waals surface area (Å²) in [6, 6.07) is 16.4. The van der Waals surface area contributed by atoms with Crippen molar-refractivity contribution in [3.8, 4) is 11.8 Å². The zero-order chi connectivity index (χ0) is 17.6. The lowest BCUT2D eigenvalue weighted by molar-refractivity contribution is 0.249. The highest BCUT2D eigenvalue weighted by Crippen LogP contribution is 2.24. The van der Waals surface area contributed by atoms with E-state index in [2.05, 4.69) is 30.6 Å². The molecule has 2 N–H and O–H groups in total. The van der Waals surface area contributed by atoms with Crippen LogP contribution in [0.3, 0.4) is 0 Å². The molecule has 2 amide bonds. The molecule has 0 aromatic heterocycles. The van der Waals surface area contributed by atoms with Gasteiger partial charge in [-0.2, -0.15) is 5.26 Å². The van der Waals surface area contributed by atoms with Crippen LogP contribution in [0.25, 0.3) is 0 Å². The number of methoxy groups -OCH3 is 1. The first-order chi connectivity index (χ1) is 11.5. The third-order valence-corrected chi connectivity index (χ3v) is 3.86. The number of nitriles is 1. The Balaban J connectivity index is 1.98. The molecular weight excluding hydrogens is 302 g/mol. The number of anilines is 1. The predicted molar refractivity (Wildman–Crippen MR) is 94.2 cm³/mol. The maximum absolute atomic E-state index is 12.1. The summed E-state index contributed by atoms with van der Waals surface area (Å²) < 4.78 is 5.16. The number of para-hydroxylation sites is 1. The normalized spacial score (nSPS) is 10.6. The van der Waals surface area contributed by atoms with E-state index in [1.807, 2.05) is 24.3 Å². The highest BCUT2D eigenvalue weighted by atomic mass is 16.5. The molecule has 5 nitrogen and oxygen atoms in total. The van der Waals surface area contributed by atoms with Gasteiger partial charge < -0.3 is 15.4 Å². The highest BCUT2D eigenvalue weighted by Gasteiger charge is 2.21. The van der Waals surface area contributed by atoms with Crippen LogP contribution in [-0.2, 0) is 5.41 Å². The minimum absolute atomic E-state index is 0.238. The number of benzene rings is 2. The van der Waals surface area contributed by atoms with Crippen LogP contribution in [0.15, 0.2) is 48.5 Å². The molecular formula is C19H21N3O2. The van der Waals surface area contributed by atoms with Gasteiger partial charge in [0, 0.05) is 12.0 Å². The molecule has 0 atom stereocenters. The van der Waals surface area contributed by atoms with Crippen LogP contribution >= 0.6 is 0 Å². The van der Waals surface area contributed by atoms with E-state index >= 15 is 0 Å². The summed E-state index contributed by atoms with van der Waals surface area (Å²) in [5.41, 5.74) is 1.79. The van der Waals surface area contributed by atoms with Crippen molar-refractivity contribution in [1.29, 1.82) is 5.26 Å². The topological polar surface area (TPSA) is 74.2 Å². The van der Waals surface area contributed by atoms with Crippen LogP contribution in [0.2, 0.25) is 0 Å². The van der Waals surface area contributed by atoms with Gasteiger partial charge in [0.1, 0.15) is 11.8 Å². The van der Waals surface area contributed by atoms with Crippen LogP contribution < -0.4 is 15.4 Å². The Morgan fingerprint density at radius 1 is 1.17 bits per heavy atom. The maximum Gasteiger partial charge on any atom is 0.319 e. The number of hydrogen-bond acceptors (Lipinski definition) is 3. The number of rotatable bonds is 5. The second-order valence-corrected chi connectivity index (χ2v) is 6.08. The number of carbonyl (C=O) groups excluding carboxylic acids is 1. The van der Waals surface area contributed by atoms with Crippen molar-refractivity contribution < 1.29 is 9.53 Å². The fraction of sp³-hybridized carbons (Fsp3) is 0.263. The van der Waals surface area contributed by atoms with Crippen LogP contribution in [0.5, 0.6) is 5.75 Å². The summed E-state index contributed by atoms with van der Waals surface area (Å²) in [7, 11) is 1.63. The largest absolute Gasteiger partial charge is 0.497 e. The molecule has 0 saturated carbocycles. The van der Waals surface area contributed by atoms with Crippen molar-refractivity contribution in [1.82, 2.24) is 5.32 Å². The number of ether oxygens (including phenoxy) is 1. The minimum atomic E-state index is -0.334. The molecule has 0 bridgehead atoms. The molecule has 0 fully saturated rings. The predicted octanol–water partition coefficient (Wildman–Crippen LogP) is 3.67. The molecule has 2 rings (SSSR count). The molecule has 2 aromatic carbocycles. The number of nitrogens with one attached hydrogen (secondary N) is 2. The lowest BCUT2D eigenvalue weighted by Crippen LogP contribution is -2.39. The molecule has 0 spiro atoms. The van der Waals surface area contributed by atoms with Crippen molar-refractivity contribution in [3.05, 3.63) is 59.7 Å². The highest BCUT2D eigenvalue weighted by molar-refractivity contribution is 5.90. The van der Waals surface area contributed by atoms with Crippen LogP contribution in [-0.4, -0.2) is 19.7 Å². The van der Waals surface area contributed by atoms with E-state index in [0.29, 0.717) is 17.8 Å². The Labute approximate surface area is 142 Å². The van der Waals surface area contributed by atoms with Gasteiger partial charge in [-0.25, -0.2) is 4.79 Å². The van der Waals surface area contributed by atoms with Gasteiger partial charge in [0.25, 0.3) is 0 Å². The van der Waals surface area contributed by atoms with E-state index < -0.39 is 0 Å². The molecule has 0 heterocycles. The average molecular weight is 323 g/mol. The van der Waals surface area contributed by atoms with Gasteiger partial charge in [-0.1, -0.05) is 38.1 Å². The smallest absolute Gasteiger partial charge is 0.319 e. The van der Waals surface area contributed by atoms with Gasteiger partial charge in [-0.3, -0.25) is 0 Å². The van der Waals surface area contributed by atoms with E-state index in [0.717, 1.165) is 11.3 Å². The van der Waals surface area contributed by atoms with Gasteiger partial charge in [0.2, 0.25) is 0 Å². The maximum atomic E-state index is 12.1. The van der Waals surface area contributed by atoms with E-state index in [-0.39, 0.29) is 11.4 Å². The molecule has 2 aromatic rings. The summed E-state index contributed by atoms with van der Waals surface area (Å²) in [6.07, 6.45) is 0. The first-order valence-corrected chi connectivity index (χ1v) is 7.65. The molecule has 0 aliphatic rings. The zero-order valence-corrected chi connectivity index (χ0v) is 14.1. The van der Waals surface area contributed by atoms with Crippen molar-refractivity contribution in [2.45, 2.75) is 19.3 Å². The Hall–Kier alpha value is -3.00. The van der Waals surface area contributed by atoms with Crippen LogP contribution in [0.4, 0.5) is 10.5 Å². The lowest BCUT2D eigenvalue weighted by Gasteiger charge is -2.26. The average Bonchev–Trinajstić information content (AvgIpc) is 2.60. The number of amides is 2. The van der Waals surface area contributed by atoms with Crippen LogP contribution in [0.1, 0.15) is 25.0 Å². The summed E-state index contributed by atoms with van der Waals surface area (Å²) in [5, 5.41) is 14.6. The Kier molecular flexibility index (Phi) is 5.43. The zero-order valence-electron chi connectivity index (χ0n) is 14.1. The van der Waals surface area contributed by atoms with Crippen molar-refractivity contribution in [3.63, 3.8) is 0 Å². The van der Waals surface area contributed by atoms with Crippen molar-refractivity contribution in [2.24, 2.45) is 0 Å². The summed E-state index contributed by atoms with van der Waals surface area (Å²) >= 11 is 0. The molecule has 0 aliphatic carbocycles. The van der Waals surface area contributed by atoms with Crippen molar-refractivity contribution in [2.75, 3.05) is 19.0 Å². The quantitative estimate of drug-likeness (QED) is 0.881. The minimum Gasteiger partial charge on any atom is -0.497 e. The second kappa shape index (κ2) is 7.51. The molecule has 24 heavy (non-hydrogen) atoms. The first-order valence-electron chi connectivity index (χ1n) is 7.65. The monoisotopic (exact) mass is 323 g/mol. The summed E-state index contributed by atoms with van der Waals surface area (Å²) in [5.74, 6) is 0.799. The fourth-order valence-electron chi connectivity index (χ4n) is 2.30. The van der Waals surface area contributed by atoms with Gasteiger partial charge in [-0.15, -0.1) is 0 Å². The number of hydrogen-bond donors (Lipinski definition) is 2. The summed E-state index contributed by atoms with van der Waals surface area (Å²) in [6.45, 7) is 4.57. The van der Waals surface area contributed by atoms with E-state index in [1.54, 1.807) is 31.4 Å². The fourth-order valence-corrected chi connectivity index (χ4v) is 2.30. The van der Waals surface area contributed by atoms with E-state index in [4.69, 9.17) is 10.00 Å². The number of nitrogens with zero attached hydrogens (tertiary/aromatic N) is 1. The molecule has 0 radical (unpaired) electrons. The first kappa shape index (κ1) is 17.4. The Morgan fingerprint density at radius 3 is 2.46 bits per heavy atom. The third-order valence-electron chi connectivity index (χ3n) is 3.86. The molecule has 0 unspecified atom stereocenters. The molecule has 124 valence electrons. The van der Waals surface area contributed by atoms with Gasteiger partial charge in [0.05, 0.1) is 18.4 Å². The van der Waals surface area contributed by atoms with Gasteiger partial charge in [-0.05, 0) is 29.8 Å². The van der Waals surface area contributed by atoms with Crippen LogP contribution in [0, 0.1) is 11.3 Å². The van der Waals surface area contributed by atoms with Crippen molar-refractivity contribution >= 4 is 11.7 Å². The number of carbonyl (C=O) groups is 1. The summed E-state index contributed by atoms with van der Waals surface area (Å²) in [4.78, 5) is 12.1. The SMILES string of the molecule is COc1ccc(C(C)(C)CNC(=O)Nc2ccccc2C#N)cc1. The van der Waals surface area contributed by atoms with Gasteiger partial charge in [0.15, 0.2) is 0 Å². The third kappa shape index (κ3) is 4.26. The molecule has 0 aliphatic heterocycles.